The smallest absolute Gasteiger partial charge is 0.268 e. The van der Waals surface area contributed by atoms with Crippen LogP contribution in [-0.4, -0.2) is 21.7 Å². The van der Waals surface area contributed by atoms with Gasteiger partial charge in [-0.1, -0.05) is 0 Å². The number of nitrogen functional groups attached to an aromatic ring is 1. The fourth-order valence-corrected chi connectivity index (χ4v) is 2.16. The third-order valence-corrected chi connectivity index (χ3v) is 3.19. The lowest BCUT2D eigenvalue weighted by Crippen LogP contribution is -2.12. The van der Waals surface area contributed by atoms with Gasteiger partial charge in [0.05, 0.1) is 0 Å². The third-order valence-electron chi connectivity index (χ3n) is 2.34. The van der Waals surface area contributed by atoms with E-state index >= 15 is 0 Å². The molecule has 0 spiro atoms. The maximum absolute atomic E-state index is 11.8. The Morgan fingerprint density at radius 2 is 2.21 bits per heavy atom. The minimum absolute atomic E-state index is 0.106. The van der Waals surface area contributed by atoms with E-state index in [9.17, 15) is 9.59 Å². The van der Waals surface area contributed by atoms with Crippen molar-refractivity contribution in [1.82, 2.24) is 9.97 Å². The molecule has 2 rings (SSSR count). The number of nitrogens with two attached hydrogens (primary N) is 2. The van der Waals surface area contributed by atoms with E-state index < -0.39 is 5.91 Å². The maximum Gasteiger partial charge on any atom is 0.268 e. The zero-order valence-electron chi connectivity index (χ0n) is 9.87. The molecular formula is C12H11N4O2S. The second-order valence-corrected chi connectivity index (χ2v) is 4.62. The van der Waals surface area contributed by atoms with E-state index in [-0.39, 0.29) is 16.5 Å². The van der Waals surface area contributed by atoms with Gasteiger partial charge in [-0.3, -0.25) is 9.59 Å². The average Bonchev–Trinajstić information content (AvgIpc) is 2.86. The minimum atomic E-state index is -0.641. The molecule has 0 fully saturated rings. The van der Waals surface area contributed by atoms with Crippen LogP contribution in [0.3, 0.4) is 0 Å². The number of hydrogen-bond acceptors (Lipinski definition) is 6. The van der Waals surface area contributed by atoms with Gasteiger partial charge < -0.3 is 11.5 Å². The first-order valence-electron chi connectivity index (χ1n) is 5.39. The molecule has 6 nitrogen and oxygen atoms in total. The summed E-state index contributed by atoms with van der Waals surface area (Å²) in [6, 6.07) is 3.47. The molecule has 2 heterocycles. The van der Waals surface area contributed by atoms with E-state index in [1.807, 2.05) is 0 Å². The van der Waals surface area contributed by atoms with E-state index in [1.54, 1.807) is 18.3 Å². The number of primary amides is 1. The predicted octanol–water partition coefficient (Wildman–Crippen LogP) is 0.849. The van der Waals surface area contributed by atoms with E-state index in [1.165, 1.54) is 11.8 Å². The first-order valence-corrected chi connectivity index (χ1v) is 6.27. The number of aromatic nitrogens is 2. The van der Waals surface area contributed by atoms with Gasteiger partial charge in [0.1, 0.15) is 11.5 Å². The van der Waals surface area contributed by atoms with Crippen LogP contribution in [-0.2, 0) is 6.42 Å². The van der Waals surface area contributed by atoms with Gasteiger partial charge in [-0.05, 0) is 24.1 Å². The van der Waals surface area contributed by atoms with Crippen molar-refractivity contribution in [2.45, 2.75) is 6.42 Å². The van der Waals surface area contributed by atoms with Crippen LogP contribution in [0.2, 0.25) is 0 Å². The van der Waals surface area contributed by atoms with Crippen LogP contribution >= 0.6 is 11.3 Å². The van der Waals surface area contributed by atoms with Crippen molar-refractivity contribution < 1.29 is 9.59 Å². The summed E-state index contributed by atoms with van der Waals surface area (Å²) in [7, 11) is 0. The number of hydrogen-bond donors (Lipinski definition) is 2. The zero-order valence-corrected chi connectivity index (χ0v) is 10.7. The van der Waals surface area contributed by atoms with E-state index in [0.29, 0.717) is 12.2 Å². The van der Waals surface area contributed by atoms with Gasteiger partial charge in [0.15, 0.2) is 10.8 Å². The van der Waals surface area contributed by atoms with E-state index in [0.717, 1.165) is 16.9 Å². The van der Waals surface area contributed by atoms with Gasteiger partial charge in [-0.2, -0.15) is 0 Å². The highest BCUT2D eigenvalue weighted by atomic mass is 32.1. The first-order chi connectivity index (χ1) is 9.06. The molecule has 4 N–H and O–H groups in total. The van der Waals surface area contributed by atoms with E-state index in [4.69, 9.17) is 11.5 Å². The molecule has 0 bridgehead atoms. The summed E-state index contributed by atoms with van der Waals surface area (Å²) < 4.78 is 0. The summed E-state index contributed by atoms with van der Waals surface area (Å²) in [6.07, 6.45) is 3.49. The summed E-state index contributed by atoms with van der Waals surface area (Å²) >= 11 is 1.09. The van der Waals surface area contributed by atoms with Gasteiger partial charge >= 0.3 is 0 Å². The minimum Gasteiger partial charge on any atom is -0.384 e. The van der Waals surface area contributed by atoms with Crippen molar-refractivity contribution in [3.63, 3.8) is 0 Å². The fourth-order valence-electron chi connectivity index (χ4n) is 1.42. The van der Waals surface area contributed by atoms with Crippen molar-refractivity contribution in [2.24, 2.45) is 5.73 Å². The zero-order chi connectivity index (χ0) is 13.8. The highest BCUT2D eigenvalue weighted by molar-refractivity contribution is 7.12. The third kappa shape index (κ3) is 3.35. The van der Waals surface area contributed by atoms with Gasteiger partial charge in [0, 0.05) is 18.0 Å². The van der Waals surface area contributed by atoms with E-state index in [2.05, 4.69) is 9.97 Å². The van der Waals surface area contributed by atoms with Gasteiger partial charge in [0.2, 0.25) is 0 Å². The summed E-state index contributed by atoms with van der Waals surface area (Å²) in [6.45, 7) is 0. The van der Waals surface area contributed by atoms with Gasteiger partial charge in [-0.15, -0.1) is 11.3 Å². The van der Waals surface area contributed by atoms with Gasteiger partial charge in [0.25, 0.3) is 5.91 Å². The molecule has 0 aromatic carbocycles. The van der Waals surface area contributed by atoms with Crippen LogP contribution in [0.25, 0.3) is 0 Å². The molecule has 0 saturated carbocycles. The molecule has 0 aliphatic carbocycles. The Kier molecular flexibility index (Phi) is 3.86. The van der Waals surface area contributed by atoms with Crippen LogP contribution in [0.1, 0.15) is 25.9 Å². The largest absolute Gasteiger partial charge is 0.384 e. The number of rotatable bonds is 5. The average molecular weight is 275 g/mol. The van der Waals surface area contributed by atoms with Crippen molar-refractivity contribution in [3.05, 3.63) is 46.4 Å². The molecule has 1 radical (unpaired) electrons. The number of carbonyl (C=O) groups excluding carboxylic acids is 2. The number of ketones is 1. The van der Waals surface area contributed by atoms with Crippen LogP contribution in [0.5, 0.6) is 0 Å². The molecule has 7 heteroatoms. The molecule has 97 valence electrons. The lowest BCUT2D eigenvalue weighted by molar-refractivity contribution is 0.0996. The van der Waals surface area contributed by atoms with Crippen molar-refractivity contribution >= 4 is 28.8 Å². The Morgan fingerprint density at radius 3 is 2.84 bits per heavy atom. The Labute approximate surface area is 113 Å². The van der Waals surface area contributed by atoms with Crippen LogP contribution in [0.15, 0.2) is 23.7 Å². The van der Waals surface area contributed by atoms with Crippen molar-refractivity contribution in [3.8, 4) is 0 Å². The van der Waals surface area contributed by atoms with Crippen molar-refractivity contribution in [1.29, 1.82) is 0 Å². The summed E-state index contributed by atoms with van der Waals surface area (Å²) in [5.41, 5.74) is 11.6. The molecule has 19 heavy (non-hydrogen) atoms. The second kappa shape index (κ2) is 5.57. The number of nitrogens with zero attached hydrogens (tertiary/aromatic N) is 2. The van der Waals surface area contributed by atoms with Crippen molar-refractivity contribution in [2.75, 3.05) is 5.73 Å². The number of carbonyl (C=O) groups is 2. The number of Topliss-reactive ketones (excluding diaryl/α,β-unsaturated/α-hetero) is 1. The monoisotopic (exact) mass is 275 g/mol. The summed E-state index contributed by atoms with van der Waals surface area (Å²) in [5, 5.41) is 1.71. The molecular weight excluding hydrogens is 264 g/mol. The SMILES string of the molecule is NC(=O)c1csc(C(=O)[CH]Cc2ccnc(N)c2)n1. The molecule has 0 atom stereocenters. The fraction of sp³-hybridized carbons (Fsp3) is 0.0833. The molecule has 2 aromatic heterocycles. The normalized spacial score (nSPS) is 10.3. The maximum atomic E-state index is 11.8. The molecule has 0 unspecified atom stereocenters. The Balaban J connectivity index is 1.99. The van der Waals surface area contributed by atoms with Crippen LogP contribution < -0.4 is 11.5 Å². The highest BCUT2D eigenvalue weighted by Gasteiger charge is 2.14. The molecule has 0 aliphatic rings. The number of amides is 1. The van der Waals surface area contributed by atoms with Gasteiger partial charge in [-0.25, -0.2) is 9.97 Å². The Bertz CT molecular complexity index is 624. The molecule has 0 saturated heterocycles. The quantitative estimate of drug-likeness (QED) is 0.785. The number of anilines is 1. The summed E-state index contributed by atoms with van der Waals surface area (Å²) in [4.78, 5) is 30.4. The first kappa shape index (κ1) is 13.2. The molecule has 1 amide bonds. The van der Waals surface area contributed by atoms with Crippen LogP contribution in [0, 0.1) is 6.42 Å². The Morgan fingerprint density at radius 1 is 1.42 bits per heavy atom. The lowest BCUT2D eigenvalue weighted by atomic mass is 10.1. The standard InChI is InChI=1S/C12H11N4O2S/c13-10-5-7(3-4-15-10)1-2-9(17)12-16-8(6-19-12)11(14)18/h2-6H,1H2,(H2,13,15)(H2,14,18). The van der Waals surface area contributed by atoms with Crippen LogP contribution in [0.4, 0.5) is 5.82 Å². The number of pyridine rings is 1. The lowest BCUT2D eigenvalue weighted by Gasteiger charge is -2.00. The molecule has 2 aromatic rings. The number of thiazole rings is 1. The Hall–Kier alpha value is -2.28. The highest BCUT2D eigenvalue weighted by Crippen LogP contribution is 2.13. The second-order valence-electron chi connectivity index (χ2n) is 3.76. The molecule has 0 aliphatic heterocycles. The summed E-state index contributed by atoms with van der Waals surface area (Å²) in [5.74, 6) is -0.478. The topological polar surface area (TPSA) is 112 Å². The predicted molar refractivity (Wildman–Crippen MR) is 71.6 cm³/mol.